The van der Waals surface area contributed by atoms with E-state index in [2.05, 4.69) is 30.6 Å². The minimum atomic E-state index is 0.240. The third kappa shape index (κ3) is 2.22. The number of hydrogen-bond donors (Lipinski definition) is 0. The van der Waals surface area contributed by atoms with Crippen molar-refractivity contribution >= 4 is 0 Å². The van der Waals surface area contributed by atoms with Crippen LogP contribution in [0.4, 0.5) is 0 Å². The second kappa shape index (κ2) is 4.11. The van der Waals surface area contributed by atoms with Gasteiger partial charge in [-0.3, -0.25) is 0 Å². The molecule has 0 saturated carbocycles. The van der Waals surface area contributed by atoms with E-state index in [1.807, 2.05) is 0 Å². The summed E-state index contributed by atoms with van der Waals surface area (Å²) in [5.74, 6) is 0. The lowest BCUT2D eigenvalue weighted by atomic mass is 9.74. The van der Waals surface area contributed by atoms with Crippen LogP contribution in [0.1, 0.15) is 33.1 Å². The second-order valence-corrected chi connectivity index (χ2v) is 4.58. The molecule has 2 unspecified atom stereocenters. The Kier molecular flexibility index (Phi) is 3.33. The highest BCUT2D eigenvalue weighted by molar-refractivity contribution is 4.99. The van der Waals surface area contributed by atoms with Crippen molar-refractivity contribution in [3.63, 3.8) is 0 Å². The van der Waals surface area contributed by atoms with Crippen molar-refractivity contribution in [2.24, 2.45) is 5.41 Å². The molecular weight excluding hydrogens is 160 g/mol. The molecule has 1 heterocycles. The summed E-state index contributed by atoms with van der Waals surface area (Å²) in [5, 5.41) is 0. The maximum absolute atomic E-state index is 7.20. The van der Waals surface area contributed by atoms with E-state index >= 15 is 0 Å². The Labute approximate surface area is 81.7 Å². The van der Waals surface area contributed by atoms with Crippen molar-refractivity contribution < 1.29 is 0 Å². The number of likely N-dealkylation sites (tertiary alicyclic amines) is 1. The first-order valence-corrected chi connectivity index (χ1v) is 5.17. The van der Waals surface area contributed by atoms with Crippen molar-refractivity contribution in [2.45, 2.75) is 39.2 Å². The van der Waals surface area contributed by atoms with Gasteiger partial charge in [0.1, 0.15) is 0 Å². The van der Waals surface area contributed by atoms with Gasteiger partial charge in [-0.15, -0.1) is 0 Å². The highest BCUT2D eigenvalue weighted by Gasteiger charge is 2.42. The molecule has 0 N–H and O–H groups in total. The molecule has 0 aromatic carbocycles. The van der Waals surface area contributed by atoms with Gasteiger partial charge in [0.05, 0.1) is 5.41 Å². The van der Waals surface area contributed by atoms with Crippen LogP contribution >= 0.6 is 0 Å². The summed E-state index contributed by atoms with van der Waals surface area (Å²) in [4.78, 5) is 6.14. The van der Waals surface area contributed by atoms with Crippen LogP contribution in [-0.4, -0.2) is 31.1 Å². The Hall–Kier alpha value is -0.550. The quantitative estimate of drug-likeness (QED) is 0.592. The largest absolute Gasteiger partial charge is 0.313 e. The van der Waals surface area contributed by atoms with Gasteiger partial charge in [-0.25, -0.2) is 6.57 Å². The third-order valence-electron chi connectivity index (χ3n) is 3.20. The van der Waals surface area contributed by atoms with E-state index < -0.39 is 0 Å². The molecular formula is C11H20N2. The molecule has 0 aliphatic carbocycles. The lowest BCUT2D eigenvalue weighted by molar-refractivity contribution is 0.107. The molecule has 0 bridgehead atoms. The molecule has 2 heteroatoms. The van der Waals surface area contributed by atoms with Crippen LogP contribution in [0.2, 0.25) is 0 Å². The van der Waals surface area contributed by atoms with Crippen LogP contribution in [-0.2, 0) is 0 Å². The molecule has 1 aliphatic rings. The zero-order valence-electron chi connectivity index (χ0n) is 9.01. The van der Waals surface area contributed by atoms with Crippen LogP contribution in [0.25, 0.3) is 4.85 Å². The molecule has 1 saturated heterocycles. The maximum atomic E-state index is 7.20. The Balaban J connectivity index is 2.70. The van der Waals surface area contributed by atoms with E-state index in [9.17, 15) is 0 Å². The SMILES string of the molecule is [C-]#[N+]C1CCN(C)CC1(C)CCC. The molecule has 0 amide bonds. The third-order valence-corrected chi connectivity index (χ3v) is 3.20. The monoisotopic (exact) mass is 180 g/mol. The van der Waals surface area contributed by atoms with Crippen LogP contribution in [0.3, 0.4) is 0 Å². The first-order chi connectivity index (χ1) is 6.12. The maximum Gasteiger partial charge on any atom is 0.231 e. The fraction of sp³-hybridized carbons (Fsp3) is 0.909. The zero-order valence-corrected chi connectivity index (χ0v) is 9.01. The van der Waals surface area contributed by atoms with Crippen LogP contribution in [0.15, 0.2) is 0 Å². The minimum absolute atomic E-state index is 0.240. The molecule has 0 aromatic heterocycles. The highest BCUT2D eigenvalue weighted by Crippen LogP contribution is 2.35. The van der Waals surface area contributed by atoms with E-state index in [1.165, 1.54) is 12.8 Å². The predicted octanol–water partition coefficient (Wildman–Crippen LogP) is 2.42. The van der Waals surface area contributed by atoms with E-state index in [0.717, 1.165) is 19.5 Å². The lowest BCUT2D eigenvalue weighted by Crippen LogP contribution is -2.47. The number of nitrogens with zero attached hydrogens (tertiary/aromatic N) is 2. The van der Waals surface area contributed by atoms with Gasteiger partial charge >= 0.3 is 0 Å². The van der Waals surface area contributed by atoms with Crippen molar-refractivity contribution in [3.05, 3.63) is 11.4 Å². The van der Waals surface area contributed by atoms with Gasteiger partial charge in [-0.1, -0.05) is 20.3 Å². The van der Waals surface area contributed by atoms with Crippen molar-refractivity contribution in [1.82, 2.24) is 4.90 Å². The average molecular weight is 180 g/mol. The summed E-state index contributed by atoms with van der Waals surface area (Å²) >= 11 is 0. The summed E-state index contributed by atoms with van der Waals surface area (Å²) in [7, 11) is 2.16. The molecule has 0 radical (unpaired) electrons. The van der Waals surface area contributed by atoms with Gasteiger partial charge < -0.3 is 9.74 Å². The summed E-state index contributed by atoms with van der Waals surface area (Å²) in [6, 6.07) is 0.253. The summed E-state index contributed by atoms with van der Waals surface area (Å²) < 4.78 is 0. The molecule has 2 nitrogen and oxygen atoms in total. The van der Waals surface area contributed by atoms with Gasteiger partial charge in [0.15, 0.2) is 0 Å². The molecule has 1 fully saturated rings. The number of rotatable bonds is 2. The Morgan fingerprint density at radius 1 is 1.62 bits per heavy atom. The minimum Gasteiger partial charge on any atom is -0.313 e. The van der Waals surface area contributed by atoms with Crippen molar-refractivity contribution in [1.29, 1.82) is 0 Å². The second-order valence-electron chi connectivity index (χ2n) is 4.58. The number of hydrogen-bond acceptors (Lipinski definition) is 1. The summed E-state index contributed by atoms with van der Waals surface area (Å²) in [6.45, 7) is 13.9. The molecule has 13 heavy (non-hydrogen) atoms. The normalized spacial score (nSPS) is 35.7. The van der Waals surface area contributed by atoms with E-state index in [-0.39, 0.29) is 11.5 Å². The first-order valence-electron chi connectivity index (χ1n) is 5.17. The Morgan fingerprint density at radius 2 is 2.31 bits per heavy atom. The Bertz CT molecular complexity index is 207. The van der Waals surface area contributed by atoms with Crippen LogP contribution < -0.4 is 0 Å². The van der Waals surface area contributed by atoms with Gasteiger partial charge in [-0.2, -0.15) is 0 Å². The number of piperidine rings is 1. The predicted molar refractivity (Wildman–Crippen MR) is 55.5 cm³/mol. The van der Waals surface area contributed by atoms with Gasteiger partial charge in [-0.05, 0) is 13.5 Å². The van der Waals surface area contributed by atoms with E-state index in [4.69, 9.17) is 6.57 Å². The molecule has 74 valence electrons. The molecule has 0 aromatic rings. The first kappa shape index (κ1) is 10.5. The molecule has 1 aliphatic heterocycles. The average Bonchev–Trinajstić information content (AvgIpc) is 2.04. The van der Waals surface area contributed by atoms with Crippen LogP contribution in [0, 0.1) is 12.0 Å². The molecule has 2 atom stereocenters. The fourth-order valence-corrected chi connectivity index (χ4v) is 2.53. The lowest BCUT2D eigenvalue weighted by Gasteiger charge is -2.39. The van der Waals surface area contributed by atoms with Crippen molar-refractivity contribution in [2.75, 3.05) is 20.1 Å². The smallest absolute Gasteiger partial charge is 0.231 e. The Morgan fingerprint density at radius 3 is 2.85 bits per heavy atom. The van der Waals surface area contributed by atoms with E-state index in [1.54, 1.807) is 0 Å². The molecule has 1 rings (SSSR count). The highest BCUT2D eigenvalue weighted by atomic mass is 15.1. The van der Waals surface area contributed by atoms with Crippen molar-refractivity contribution in [3.8, 4) is 0 Å². The zero-order chi connectivity index (χ0) is 9.90. The van der Waals surface area contributed by atoms with Gasteiger partial charge in [0.2, 0.25) is 6.04 Å². The van der Waals surface area contributed by atoms with E-state index in [0.29, 0.717) is 0 Å². The molecule has 0 spiro atoms. The standard InChI is InChI=1S/C11H20N2/c1-5-7-11(2)9-13(4)8-6-10(11)12-3/h10H,5-9H2,1-2,4H3. The summed E-state index contributed by atoms with van der Waals surface area (Å²) in [5.41, 5.74) is 0.240. The van der Waals surface area contributed by atoms with Gasteiger partial charge in [0, 0.05) is 19.5 Å². The van der Waals surface area contributed by atoms with Crippen LogP contribution in [0.5, 0.6) is 0 Å². The topological polar surface area (TPSA) is 7.60 Å². The summed E-state index contributed by atoms with van der Waals surface area (Å²) in [6.07, 6.45) is 3.43. The fourth-order valence-electron chi connectivity index (χ4n) is 2.53. The van der Waals surface area contributed by atoms with Gasteiger partial charge in [0.25, 0.3) is 0 Å².